The maximum atomic E-state index is 5.84. The Balaban J connectivity index is 2.83. The summed E-state index contributed by atoms with van der Waals surface area (Å²) in [6.07, 6.45) is 0. The second kappa shape index (κ2) is 2.81. The fourth-order valence-corrected chi connectivity index (χ4v) is 2.13. The van der Waals surface area contributed by atoms with Crippen LogP contribution in [0.25, 0.3) is 10.1 Å². The number of ether oxygens (including phenoxy) is 1. The van der Waals surface area contributed by atoms with Gasteiger partial charge in [0, 0.05) is 16.2 Å². The van der Waals surface area contributed by atoms with E-state index >= 15 is 0 Å². The smallest absolute Gasteiger partial charge is 0.145 e. The SMILES string of the molecule is COc1cc2sccc2c(N)c1N. The van der Waals surface area contributed by atoms with E-state index < -0.39 is 0 Å². The molecule has 1 aromatic carbocycles. The summed E-state index contributed by atoms with van der Waals surface area (Å²) in [6, 6.07) is 3.87. The van der Waals surface area contributed by atoms with Gasteiger partial charge in [0.1, 0.15) is 5.75 Å². The number of thiophene rings is 1. The summed E-state index contributed by atoms with van der Waals surface area (Å²) >= 11 is 1.62. The van der Waals surface area contributed by atoms with Crippen molar-refractivity contribution in [3.8, 4) is 5.75 Å². The highest BCUT2D eigenvalue weighted by atomic mass is 32.1. The van der Waals surface area contributed by atoms with Gasteiger partial charge in [0.2, 0.25) is 0 Å². The molecule has 0 amide bonds. The minimum absolute atomic E-state index is 0.522. The molecule has 0 saturated heterocycles. The molecule has 2 aromatic rings. The van der Waals surface area contributed by atoms with Crippen molar-refractivity contribution in [3.05, 3.63) is 17.5 Å². The van der Waals surface area contributed by atoms with Crippen molar-refractivity contribution in [1.82, 2.24) is 0 Å². The van der Waals surface area contributed by atoms with E-state index in [4.69, 9.17) is 16.2 Å². The van der Waals surface area contributed by atoms with E-state index in [1.807, 2.05) is 17.5 Å². The molecule has 0 aliphatic heterocycles. The van der Waals surface area contributed by atoms with Gasteiger partial charge in [0.15, 0.2) is 0 Å². The van der Waals surface area contributed by atoms with Gasteiger partial charge in [0.25, 0.3) is 0 Å². The van der Waals surface area contributed by atoms with Crippen molar-refractivity contribution < 1.29 is 4.74 Å². The number of anilines is 2. The number of nitrogen functional groups attached to an aromatic ring is 2. The predicted molar refractivity (Wildman–Crippen MR) is 57.2 cm³/mol. The molecule has 13 heavy (non-hydrogen) atoms. The number of nitrogens with two attached hydrogens (primary N) is 2. The zero-order valence-electron chi connectivity index (χ0n) is 7.20. The zero-order valence-corrected chi connectivity index (χ0v) is 8.02. The molecule has 2 rings (SSSR count). The summed E-state index contributed by atoms with van der Waals surface area (Å²) in [5, 5.41) is 2.99. The Morgan fingerprint density at radius 1 is 1.31 bits per heavy atom. The molecule has 0 bridgehead atoms. The van der Waals surface area contributed by atoms with Crippen LogP contribution < -0.4 is 16.2 Å². The first-order valence-electron chi connectivity index (χ1n) is 3.83. The van der Waals surface area contributed by atoms with Crippen molar-refractivity contribution in [2.45, 2.75) is 0 Å². The third-order valence-corrected chi connectivity index (χ3v) is 2.89. The lowest BCUT2D eigenvalue weighted by Crippen LogP contribution is -1.98. The molecular weight excluding hydrogens is 184 g/mol. The highest BCUT2D eigenvalue weighted by molar-refractivity contribution is 7.17. The van der Waals surface area contributed by atoms with Gasteiger partial charge in [0.05, 0.1) is 18.5 Å². The Morgan fingerprint density at radius 3 is 2.77 bits per heavy atom. The number of fused-ring (bicyclic) bond motifs is 1. The third-order valence-electron chi connectivity index (χ3n) is 2.02. The lowest BCUT2D eigenvalue weighted by atomic mass is 10.2. The molecule has 0 aliphatic rings. The minimum Gasteiger partial charge on any atom is -0.494 e. The molecule has 0 saturated carbocycles. The Hall–Kier alpha value is -1.42. The standard InChI is InChI=1S/C9H10N2OS/c1-12-6-4-7-5(2-3-13-7)8(10)9(6)11/h2-4H,10-11H2,1H3. The van der Waals surface area contributed by atoms with Crippen molar-refractivity contribution in [2.75, 3.05) is 18.6 Å². The number of methoxy groups -OCH3 is 1. The Kier molecular flexibility index (Phi) is 1.77. The molecule has 4 N–H and O–H groups in total. The highest BCUT2D eigenvalue weighted by Crippen LogP contribution is 2.37. The first kappa shape index (κ1) is 8.19. The average Bonchev–Trinajstić information content (AvgIpc) is 2.59. The van der Waals surface area contributed by atoms with Gasteiger partial charge in [-0.2, -0.15) is 0 Å². The second-order valence-corrected chi connectivity index (χ2v) is 3.69. The van der Waals surface area contributed by atoms with Crippen LogP contribution in [0.5, 0.6) is 5.75 Å². The number of benzene rings is 1. The quantitative estimate of drug-likeness (QED) is 0.683. The molecule has 1 heterocycles. The van der Waals surface area contributed by atoms with Gasteiger partial charge < -0.3 is 16.2 Å². The molecule has 3 nitrogen and oxygen atoms in total. The van der Waals surface area contributed by atoms with E-state index in [9.17, 15) is 0 Å². The van der Waals surface area contributed by atoms with Gasteiger partial charge in [-0.05, 0) is 11.4 Å². The molecule has 0 atom stereocenters. The van der Waals surface area contributed by atoms with Crippen LogP contribution in [0.3, 0.4) is 0 Å². The second-order valence-electron chi connectivity index (χ2n) is 2.74. The van der Waals surface area contributed by atoms with Crippen LogP contribution in [-0.4, -0.2) is 7.11 Å². The Morgan fingerprint density at radius 2 is 2.08 bits per heavy atom. The van der Waals surface area contributed by atoms with E-state index in [1.54, 1.807) is 18.4 Å². The van der Waals surface area contributed by atoms with Gasteiger partial charge in [-0.15, -0.1) is 11.3 Å². The maximum Gasteiger partial charge on any atom is 0.145 e. The lowest BCUT2D eigenvalue weighted by molar-refractivity contribution is 0.418. The van der Waals surface area contributed by atoms with E-state index in [-0.39, 0.29) is 0 Å². The molecular formula is C9H10N2OS. The largest absolute Gasteiger partial charge is 0.494 e. The fourth-order valence-electron chi connectivity index (χ4n) is 1.30. The maximum absolute atomic E-state index is 5.84. The van der Waals surface area contributed by atoms with Crippen LogP contribution in [-0.2, 0) is 0 Å². The topological polar surface area (TPSA) is 61.3 Å². The van der Waals surface area contributed by atoms with Gasteiger partial charge >= 0.3 is 0 Å². The highest BCUT2D eigenvalue weighted by Gasteiger charge is 2.08. The van der Waals surface area contributed by atoms with Crippen LogP contribution in [0.1, 0.15) is 0 Å². The van der Waals surface area contributed by atoms with E-state index in [0.717, 1.165) is 10.1 Å². The van der Waals surface area contributed by atoms with Crippen LogP contribution >= 0.6 is 11.3 Å². The van der Waals surface area contributed by atoms with E-state index in [2.05, 4.69) is 0 Å². The summed E-state index contributed by atoms with van der Waals surface area (Å²) in [5.74, 6) is 0.646. The van der Waals surface area contributed by atoms with Crippen LogP contribution in [0.15, 0.2) is 17.5 Å². The molecule has 0 aliphatic carbocycles. The van der Waals surface area contributed by atoms with Crippen molar-refractivity contribution >= 4 is 32.8 Å². The Bertz CT molecular complexity index is 450. The fraction of sp³-hybridized carbons (Fsp3) is 0.111. The molecule has 0 spiro atoms. The van der Waals surface area contributed by atoms with Crippen LogP contribution in [0, 0.1) is 0 Å². The molecule has 4 heteroatoms. The first-order chi connectivity index (χ1) is 6.24. The van der Waals surface area contributed by atoms with Crippen LogP contribution in [0.4, 0.5) is 11.4 Å². The van der Waals surface area contributed by atoms with Crippen molar-refractivity contribution in [1.29, 1.82) is 0 Å². The third kappa shape index (κ3) is 1.10. The minimum atomic E-state index is 0.522. The van der Waals surface area contributed by atoms with Crippen LogP contribution in [0.2, 0.25) is 0 Å². The Labute approximate surface area is 79.9 Å². The summed E-state index contributed by atoms with van der Waals surface area (Å²) in [4.78, 5) is 0. The van der Waals surface area contributed by atoms with Crippen molar-refractivity contribution in [2.24, 2.45) is 0 Å². The summed E-state index contributed by atoms with van der Waals surface area (Å²) < 4.78 is 6.21. The summed E-state index contributed by atoms with van der Waals surface area (Å²) in [7, 11) is 1.59. The summed E-state index contributed by atoms with van der Waals surface area (Å²) in [6.45, 7) is 0. The van der Waals surface area contributed by atoms with Gasteiger partial charge in [-0.1, -0.05) is 0 Å². The van der Waals surface area contributed by atoms with Gasteiger partial charge in [-0.3, -0.25) is 0 Å². The lowest BCUT2D eigenvalue weighted by Gasteiger charge is -2.07. The normalized spacial score (nSPS) is 10.5. The molecule has 0 fully saturated rings. The number of hydrogen-bond donors (Lipinski definition) is 2. The monoisotopic (exact) mass is 194 g/mol. The first-order valence-corrected chi connectivity index (χ1v) is 4.71. The molecule has 0 radical (unpaired) electrons. The number of rotatable bonds is 1. The average molecular weight is 194 g/mol. The zero-order chi connectivity index (χ0) is 9.42. The van der Waals surface area contributed by atoms with Crippen molar-refractivity contribution in [3.63, 3.8) is 0 Å². The number of hydrogen-bond acceptors (Lipinski definition) is 4. The van der Waals surface area contributed by atoms with Gasteiger partial charge in [-0.25, -0.2) is 0 Å². The molecule has 1 aromatic heterocycles. The molecule has 68 valence electrons. The summed E-state index contributed by atoms with van der Waals surface area (Å²) in [5.41, 5.74) is 12.7. The molecule has 0 unspecified atom stereocenters. The predicted octanol–water partition coefficient (Wildman–Crippen LogP) is 2.07. The van der Waals surface area contributed by atoms with E-state index in [1.165, 1.54) is 0 Å². The van der Waals surface area contributed by atoms with E-state index in [0.29, 0.717) is 17.1 Å².